The third-order valence-electron chi connectivity index (χ3n) is 5.39. The molecule has 0 aliphatic carbocycles. The Kier molecular flexibility index (Phi) is 6.84. The summed E-state index contributed by atoms with van der Waals surface area (Å²) in [6, 6.07) is 14.7. The number of ether oxygens (including phenoxy) is 2. The van der Waals surface area contributed by atoms with Gasteiger partial charge < -0.3 is 9.47 Å². The molecule has 3 aromatic carbocycles. The van der Waals surface area contributed by atoms with Crippen molar-refractivity contribution < 1.29 is 28.2 Å². The number of barbiturate groups is 1. The Morgan fingerprint density at radius 2 is 1.83 bits per heavy atom. The Labute approximate surface area is 205 Å². The molecule has 0 saturated carbocycles. The molecule has 9 heteroatoms. The maximum atomic E-state index is 13.5. The number of rotatable bonds is 6. The van der Waals surface area contributed by atoms with Crippen LogP contribution in [0.15, 0.2) is 66.2 Å². The lowest BCUT2D eigenvalue weighted by atomic mass is 10.0. The third-order valence-corrected chi connectivity index (χ3v) is 5.80. The number of carbonyl (C=O) groups is 3. The van der Waals surface area contributed by atoms with Gasteiger partial charge in [-0.3, -0.25) is 14.9 Å². The largest absolute Gasteiger partial charge is 0.497 e. The topological polar surface area (TPSA) is 84.9 Å². The number of methoxy groups -OCH3 is 1. The highest BCUT2D eigenvalue weighted by atomic mass is 35.5. The van der Waals surface area contributed by atoms with Crippen molar-refractivity contribution in [3.8, 4) is 11.5 Å². The molecule has 1 fully saturated rings. The van der Waals surface area contributed by atoms with Crippen LogP contribution in [0.5, 0.6) is 11.5 Å². The van der Waals surface area contributed by atoms with Crippen LogP contribution in [-0.4, -0.2) is 25.0 Å². The number of hydrogen-bond acceptors (Lipinski definition) is 5. The molecule has 4 rings (SSSR count). The number of nitrogens with one attached hydrogen (secondary N) is 1. The molecule has 1 heterocycles. The predicted molar refractivity (Wildman–Crippen MR) is 129 cm³/mol. The molecule has 1 aliphatic rings. The zero-order valence-electron chi connectivity index (χ0n) is 18.8. The summed E-state index contributed by atoms with van der Waals surface area (Å²) in [7, 11) is 1.48. The zero-order valence-corrected chi connectivity index (χ0v) is 19.6. The van der Waals surface area contributed by atoms with Gasteiger partial charge in [-0.05, 0) is 60.5 Å². The molecular formula is C26H20ClFN2O5. The summed E-state index contributed by atoms with van der Waals surface area (Å²) in [4.78, 5) is 39.3. The van der Waals surface area contributed by atoms with Crippen LogP contribution in [-0.2, 0) is 16.2 Å². The fraction of sp³-hybridized carbons (Fsp3) is 0.115. The molecule has 1 aliphatic heterocycles. The first-order valence-electron chi connectivity index (χ1n) is 10.5. The van der Waals surface area contributed by atoms with Gasteiger partial charge in [0.25, 0.3) is 11.8 Å². The highest BCUT2D eigenvalue weighted by molar-refractivity contribution is 6.40. The minimum absolute atomic E-state index is 0.0353. The number of carbonyl (C=O) groups excluding carboxylic acids is 3. The lowest BCUT2D eigenvalue weighted by molar-refractivity contribution is -0.122. The van der Waals surface area contributed by atoms with Crippen molar-refractivity contribution in [1.82, 2.24) is 5.32 Å². The highest BCUT2D eigenvalue weighted by Crippen LogP contribution is 2.32. The number of urea groups is 1. The molecule has 0 spiro atoms. The Morgan fingerprint density at radius 3 is 2.57 bits per heavy atom. The minimum atomic E-state index is -0.875. The van der Waals surface area contributed by atoms with Gasteiger partial charge >= 0.3 is 6.03 Å². The molecule has 0 aromatic heterocycles. The number of nitrogens with zero attached hydrogens (tertiary/aromatic N) is 1. The average Bonchev–Trinajstić information content (AvgIpc) is 2.83. The molecule has 0 bridgehead atoms. The molecule has 0 atom stereocenters. The summed E-state index contributed by atoms with van der Waals surface area (Å²) < 4.78 is 24.7. The molecule has 35 heavy (non-hydrogen) atoms. The summed E-state index contributed by atoms with van der Waals surface area (Å²) >= 11 is 6.16. The first-order chi connectivity index (χ1) is 16.8. The Bertz CT molecular complexity index is 1370. The van der Waals surface area contributed by atoms with Crippen LogP contribution in [0.3, 0.4) is 0 Å². The van der Waals surface area contributed by atoms with E-state index in [1.807, 2.05) is 0 Å². The molecule has 1 saturated heterocycles. The van der Waals surface area contributed by atoms with Crippen molar-refractivity contribution >= 4 is 41.2 Å². The van der Waals surface area contributed by atoms with E-state index < -0.39 is 23.7 Å². The smallest absolute Gasteiger partial charge is 0.335 e. The van der Waals surface area contributed by atoms with E-state index in [1.54, 1.807) is 55.5 Å². The molecule has 0 radical (unpaired) electrons. The fourth-order valence-corrected chi connectivity index (χ4v) is 3.71. The van der Waals surface area contributed by atoms with Crippen LogP contribution >= 0.6 is 11.6 Å². The van der Waals surface area contributed by atoms with Crippen molar-refractivity contribution in [3.63, 3.8) is 0 Å². The Morgan fingerprint density at radius 1 is 1.06 bits per heavy atom. The summed E-state index contributed by atoms with van der Waals surface area (Å²) in [5.41, 5.74) is 1.47. The molecule has 3 aromatic rings. The van der Waals surface area contributed by atoms with Gasteiger partial charge in [0.05, 0.1) is 12.8 Å². The second-order valence-corrected chi connectivity index (χ2v) is 8.07. The zero-order chi connectivity index (χ0) is 25.1. The second-order valence-electron chi connectivity index (χ2n) is 7.66. The number of anilines is 1. The lowest BCUT2D eigenvalue weighted by Crippen LogP contribution is -2.54. The lowest BCUT2D eigenvalue weighted by Gasteiger charge is -2.28. The van der Waals surface area contributed by atoms with Crippen molar-refractivity contribution in [2.45, 2.75) is 13.5 Å². The first kappa shape index (κ1) is 24.0. The first-order valence-corrected chi connectivity index (χ1v) is 10.9. The number of benzene rings is 3. The van der Waals surface area contributed by atoms with E-state index in [-0.39, 0.29) is 17.9 Å². The molecule has 7 nitrogen and oxygen atoms in total. The molecule has 4 amide bonds. The fourth-order valence-electron chi connectivity index (χ4n) is 3.54. The van der Waals surface area contributed by atoms with E-state index in [9.17, 15) is 18.8 Å². The van der Waals surface area contributed by atoms with Crippen LogP contribution in [0.2, 0.25) is 5.02 Å². The van der Waals surface area contributed by atoms with Gasteiger partial charge in [-0.15, -0.1) is 0 Å². The predicted octanol–water partition coefficient (Wildman–Crippen LogP) is 5.04. The van der Waals surface area contributed by atoms with Gasteiger partial charge in [0.1, 0.15) is 29.5 Å². The van der Waals surface area contributed by atoms with Crippen molar-refractivity contribution in [2.75, 3.05) is 12.0 Å². The number of amides is 4. The van der Waals surface area contributed by atoms with Crippen LogP contribution in [0.4, 0.5) is 14.9 Å². The standard InChI is InChI=1S/C26H20ClFN2O5/c1-15-21(27)7-4-8-22(15)30-25(32)20(24(31)29-26(30)33)12-17-9-10-19(34-2)13-23(17)35-14-16-5-3-6-18(28)11-16/h3-13H,14H2,1-2H3,(H,29,31,33)/b20-12+. The van der Waals surface area contributed by atoms with Crippen molar-refractivity contribution in [1.29, 1.82) is 0 Å². The molecular weight excluding hydrogens is 475 g/mol. The molecule has 0 unspecified atom stereocenters. The molecule has 1 N–H and O–H groups in total. The SMILES string of the molecule is COc1ccc(/C=C2\C(=O)NC(=O)N(c3cccc(Cl)c3C)C2=O)c(OCc2cccc(F)c2)c1. The van der Waals surface area contributed by atoms with Crippen molar-refractivity contribution in [2.24, 2.45) is 0 Å². The normalized spacial score (nSPS) is 14.8. The summed E-state index contributed by atoms with van der Waals surface area (Å²) in [5, 5.41) is 2.56. The third kappa shape index (κ3) is 5.02. The highest BCUT2D eigenvalue weighted by Gasteiger charge is 2.37. The van der Waals surface area contributed by atoms with Gasteiger partial charge in [0, 0.05) is 16.7 Å². The number of hydrogen-bond donors (Lipinski definition) is 1. The van der Waals surface area contributed by atoms with E-state index in [0.717, 1.165) is 4.90 Å². The van der Waals surface area contributed by atoms with Crippen LogP contribution in [0.25, 0.3) is 6.08 Å². The van der Waals surface area contributed by atoms with Gasteiger partial charge in [0.2, 0.25) is 0 Å². The average molecular weight is 495 g/mol. The van der Waals surface area contributed by atoms with E-state index in [1.165, 1.54) is 25.3 Å². The van der Waals surface area contributed by atoms with Gasteiger partial charge in [-0.25, -0.2) is 14.1 Å². The Hall–Kier alpha value is -4.17. The van der Waals surface area contributed by atoms with Crippen LogP contribution in [0.1, 0.15) is 16.7 Å². The summed E-state index contributed by atoms with van der Waals surface area (Å²) in [5.74, 6) is -1.28. The van der Waals surface area contributed by atoms with E-state index in [0.29, 0.717) is 33.2 Å². The van der Waals surface area contributed by atoms with Gasteiger partial charge in [-0.2, -0.15) is 0 Å². The van der Waals surface area contributed by atoms with E-state index >= 15 is 0 Å². The number of imide groups is 2. The summed E-state index contributed by atoms with van der Waals surface area (Å²) in [6.07, 6.45) is 1.33. The summed E-state index contributed by atoms with van der Waals surface area (Å²) in [6.45, 7) is 1.70. The second kappa shape index (κ2) is 9.99. The van der Waals surface area contributed by atoms with Crippen LogP contribution < -0.4 is 19.7 Å². The quantitative estimate of drug-likeness (QED) is 0.383. The maximum Gasteiger partial charge on any atom is 0.335 e. The monoisotopic (exact) mass is 494 g/mol. The molecule has 178 valence electrons. The van der Waals surface area contributed by atoms with Gasteiger partial charge in [-0.1, -0.05) is 29.8 Å². The van der Waals surface area contributed by atoms with Crippen molar-refractivity contribution in [3.05, 3.63) is 93.8 Å². The number of halogens is 2. The van der Waals surface area contributed by atoms with E-state index in [2.05, 4.69) is 5.32 Å². The van der Waals surface area contributed by atoms with E-state index in [4.69, 9.17) is 21.1 Å². The maximum absolute atomic E-state index is 13.5. The Balaban J connectivity index is 1.71. The van der Waals surface area contributed by atoms with Gasteiger partial charge in [0.15, 0.2) is 0 Å². The van der Waals surface area contributed by atoms with Crippen LogP contribution in [0, 0.1) is 12.7 Å². The minimum Gasteiger partial charge on any atom is -0.497 e.